The van der Waals surface area contributed by atoms with Gasteiger partial charge in [-0.2, -0.15) is 0 Å². The minimum Gasteiger partial charge on any atom is -0.496 e. The minimum absolute atomic E-state index is 0.205. The highest BCUT2D eigenvalue weighted by Gasteiger charge is 2.43. The van der Waals surface area contributed by atoms with Crippen LogP contribution in [0.15, 0.2) is 29.3 Å². The van der Waals surface area contributed by atoms with E-state index >= 15 is 0 Å². The van der Waals surface area contributed by atoms with Crippen molar-refractivity contribution in [3.05, 3.63) is 29.8 Å². The summed E-state index contributed by atoms with van der Waals surface area (Å²) in [6, 6.07) is 6.63. The lowest BCUT2D eigenvalue weighted by atomic mass is 9.90. The molecule has 0 spiro atoms. The third kappa shape index (κ3) is 4.05. The first kappa shape index (κ1) is 19.2. The largest absolute Gasteiger partial charge is 0.496 e. The van der Waals surface area contributed by atoms with Gasteiger partial charge in [0.25, 0.3) is 0 Å². The highest BCUT2D eigenvalue weighted by Crippen LogP contribution is 2.36. The Bertz CT molecular complexity index is 728. The number of para-hydroxylation sites is 1. The number of ether oxygens (including phenoxy) is 2. The zero-order valence-corrected chi connectivity index (χ0v) is 16.0. The molecule has 1 N–H and O–H groups in total. The number of rotatable bonds is 4. The molecule has 2 atom stereocenters. The average molecular weight is 374 g/mol. The number of aliphatic imine (C=N–C) groups is 1. The Morgan fingerprint density at radius 1 is 1.26 bits per heavy atom. The van der Waals surface area contributed by atoms with E-state index in [1.807, 2.05) is 23.1 Å². The van der Waals surface area contributed by atoms with Gasteiger partial charge in [0.1, 0.15) is 11.8 Å². The number of likely N-dealkylation sites (N-methyl/N-ethyl adjacent to an activating group) is 1. The Kier molecular flexibility index (Phi) is 5.95. The number of benzene rings is 1. The summed E-state index contributed by atoms with van der Waals surface area (Å²) >= 11 is 0. The summed E-state index contributed by atoms with van der Waals surface area (Å²) in [4.78, 5) is 34.4. The maximum atomic E-state index is 12.8. The SMILES string of the molecule is CCOC(=O)[C@@H]1C(=O)NC(N2CCN(C)CC2)=N[C@@H]1c1ccccc1OC. The molecular weight excluding hydrogens is 348 g/mol. The minimum atomic E-state index is -1.04. The van der Waals surface area contributed by atoms with Crippen LogP contribution in [0, 0.1) is 5.92 Å². The van der Waals surface area contributed by atoms with E-state index in [4.69, 9.17) is 14.5 Å². The Morgan fingerprint density at radius 3 is 2.63 bits per heavy atom. The van der Waals surface area contributed by atoms with Crippen LogP contribution in [0.3, 0.4) is 0 Å². The topological polar surface area (TPSA) is 83.5 Å². The van der Waals surface area contributed by atoms with E-state index in [1.165, 1.54) is 0 Å². The number of esters is 1. The van der Waals surface area contributed by atoms with Crippen molar-refractivity contribution < 1.29 is 19.1 Å². The number of carbonyl (C=O) groups excluding carboxylic acids is 2. The molecule has 8 heteroatoms. The number of nitrogens with zero attached hydrogens (tertiary/aromatic N) is 3. The fourth-order valence-corrected chi connectivity index (χ4v) is 3.38. The van der Waals surface area contributed by atoms with Gasteiger partial charge in [0.2, 0.25) is 11.9 Å². The third-order valence-corrected chi connectivity index (χ3v) is 4.90. The van der Waals surface area contributed by atoms with Crippen molar-refractivity contribution in [2.24, 2.45) is 10.9 Å². The molecule has 0 aromatic heterocycles. The van der Waals surface area contributed by atoms with Gasteiger partial charge in [-0.3, -0.25) is 14.9 Å². The van der Waals surface area contributed by atoms with Gasteiger partial charge in [0.15, 0.2) is 5.92 Å². The van der Waals surface area contributed by atoms with Crippen molar-refractivity contribution >= 4 is 17.8 Å². The highest BCUT2D eigenvalue weighted by molar-refractivity contribution is 6.08. The summed E-state index contributed by atoms with van der Waals surface area (Å²) in [5.41, 5.74) is 0.694. The fraction of sp³-hybridized carbons (Fsp3) is 0.526. The molecule has 1 saturated heterocycles. The van der Waals surface area contributed by atoms with Gasteiger partial charge in [0.05, 0.1) is 13.7 Å². The molecule has 0 aliphatic carbocycles. The van der Waals surface area contributed by atoms with E-state index in [2.05, 4.69) is 17.3 Å². The normalized spacial score (nSPS) is 23.4. The van der Waals surface area contributed by atoms with E-state index in [0.29, 0.717) is 17.3 Å². The molecule has 2 aliphatic rings. The lowest BCUT2D eigenvalue weighted by Crippen LogP contribution is -2.56. The maximum absolute atomic E-state index is 12.8. The summed E-state index contributed by atoms with van der Waals surface area (Å²) in [5.74, 6) is -0.921. The van der Waals surface area contributed by atoms with Crippen LogP contribution < -0.4 is 10.1 Å². The zero-order valence-electron chi connectivity index (χ0n) is 16.0. The Morgan fingerprint density at radius 2 is 1.96 bits per heavy atom. The lowest BCUT2D eigenvalue weighted by Gasteiger charge is -2.37. The number of nitrogens with one attached hydrogen (secondary N) is 1. The van der Waals surface area contributed by atoms with E-state index in [0.717, 1.165) is 26.2 Å². The summed E-state index contributed by atoms with van der Waals surface area (Å²) in [5, 5.41) is 2.80. The Labute approximate surface area is 159 Å². The van der Waals surface area contributed by atoms with Crippen LogP contribution in [0.4, 0.5) is 0 Å². The quantitative estimate of drug-likeness (QED) is 0.615. The van der Waals surface area contributed by atoms with Gasteiger partial charge in [-0.1, -0.05) is 18.2 Å². The second-order valence-electron chi connectivity index (χ2n) is 6.65. The molecule has 2 heterocycles. The van der Waals surface area contributed by atoms with Gasteiger partial charge >= 0.3 is 5.97 Å². The summed E-state index contributed by atoms with van der Waals surface area (Å²) < 4.78 is 10.6. The van der Waals surface area contributed by atoms with Crippen LogP contribution >= 0.6 is 0 Å². The smallest absolute Gasteiger partial charge is 0.321 e. The van der Waals surface area contributed by atoms with Crippen molar-refractivity contribution in [2.75, 3.05) is 46.9 Å². The molecule has 0 bridgehead atoms. The molecule has 1 aromatic rings. The van der Waals surface area contributed by atoms with E-state index < -0.39 is 23.8 Å². The van der Waals surface area contributed by atoms with E-state index in [1.54, 1.807) is 20.1 Å². The number of amides is 1. The molecule has 146 valence electrons. The monoisotopic (exact) mass is 374 g/mol. The molecule has 3 rings (SSSR count). The molecule has 2 aliphatic heterocycles. The highest BCUT2D eigenvalue weighted by atomic mass is 16.5. The molecule has 27 heavy (non-hydrogen) atoms. The zero-order chi connectivity index (χ0) is 19.4. The molecule has 0 unspecified atom stereocenters. The van der Waals surface area contributed by atoms with Gasteiger partial charge in [-0.05, 0) is 20.0 Å². The average Bonchev–Trinajstić information content (AvgIpc) is 2.68. The van der Waals surface area contributed by atoms with Crippen molar-refractivity contribution in [1.82, 2.24) is 15.1 Å². The number of guanidine groups is 1. The van der Waals surface area contributed by atoms with E-state index in [9.17, 15) is 9.59 Å². The summed E-state index contributed by atoms with van der Waals surface area (Å²) in [6.45, 7) is 5.22. The number of carbonyl (C=O) groups is 2. The molecule has 1 amide bonds. The second-order valence-corrected chi connectivity index (χ2v) is 6.65. The van der Waals surface area contributed by atoms with Crippen LogP contribution in [0.2, 0.25) is 0 Å². The first-order valence-electron chi connectivity index (χ1n) is 9.16. The van der Waals surface area contributed by atoms with Gasteiger partial charge in [0, 0.05) is 31.7 Å². The standard InChI is InChI=1S/C19H26N4O4/c1-4-27-18(25)15-16(13-7-5-6-8-14(13)26-3)20-19(21-17(15)24)23-11-9-22(2)10-12-23/h5-8,15-16H,4,9-12H2,1-3H3,(H,20,21,24)/t15-,16+/m0/s1. The van der Waals surface area contributed by atoms with Gasteiger partial charge in [-0.25, -0.2) is 4.99 Å². The molecular formula is C19H26N4O4. The molecule has 0 radical (unpaired) electrons. The fourth-order valence-electron chi connectivity index (χ4n) is 3.38. The first-order valence-corrected chi connectivity index (χ1v) is 9.16. The molecule has 0 saturated carbocycles. The lowest BCUT2D eigenvalue weighted by molar-refractivity contribution is -0.153. The Balaban J connectivity index is 1.99. The number of hydrogen-bond acceptors (Lipinski definition) is 7. The van der Waals surface area contributed by atoms with Crippen LogP contribution in [-0.2, 0) is 14.3 Å². The number of methoxy groups -OCH3 is 1. The summed E-state index contributed by atoms with van der Waals surface area (Å²) in [6.07, 6.45) is 0. The van der Waals surface area contributed by atoms with Crippen molar-refractivity contribution in [1.29, 1.82) is 0 Å². The third-order valence-electron chi connectivity index (χ3n) is 4.90. The van der Waals surface area contributed by atoms with E-state index in [-0.39, 0.29) is 6.61 Å². The molecule has 1 fully saturated rings. The summed E-state index contributed by atoms with van der Waals surface area (Å²) in [7, 11) is 3.62. The van der Waals surface area contributed by atoms with Crippen molar-refractivity contribution in [3.8, 4) is 5.75 Å². The van der Waals surface area contributed by atoms with Crippen LogP contribution in [0.5, 0.6) is 5.75 Å². The van der Waals surface area contributed by atoms with Crippen LogP contribution in [0.1, 0.15) is 18.5 Å². The molecule has 8 nitrogen and oxygen atoms in total. The number of piperazine rings is 1. The van der Waals surface area contributed by atoms with Gasteiger partial charge in [-0.15, -0.1) is 0 Å². The predicted molar refractivity (Wildman–Crippen MR) is 101 cm³/mol. The predicted octanol–water partition coefficient (Wildman–Crippen LogP) is 0.649. The van der Waals surface area contributed by atoms with Crippen LogP contribution in [-0.4, -0.2) is 74.6 Å². The second kappa shape index (κ2) is 8.39. The first-order chi connectivity index (χ1) is 13.0. The maximum Gasteiger partial charge on any atom is 0.321 e. The van der Waals surface area contributed by atoms with Crippen molar-refractivity contribution in [3.63, 3.8) is 0 Å². The Hall–Kier alpha value is -2.61. The van der Waals surface area contributed by atoms with Crippen molar-refractivity contribution in [2.45, 2.75) is 13.0 Å². The molecule has 1 aromatic carbocycles. The van der Waals surface area contributed by atoms with Gasteiger partial charge < -0.3 is 19.3 Å². The van der Waals surface area contributed by atoms with Crippen LogP contribution in [0.25, 0.3) is 0 Å². The number of hydrogen-bond donors (Lipinski definition) is 1.